The highest BCUT2D eigenvalue weighted by atomic mass is 35.5. The Kier molecular flexibility index (Phi) is 7.52. The third kappa shape index (κ3) is 4.68. The molecule has 0 spiro atoms. The van der Waals surface area contributed by atoms with E-state index in [9.17, 15) is 4.79 Å². The Balaban J connectivity index is 0.00000272. The van der Waals surface area contributed by atoms with Crippen LogP contribution in [0.1, 0.15) is 35.3 Å². The van der Waals surface area contributed by atoms with Crippen molar-refractivity contribution in [3.05, 3.63) is 65.4 Å². The third-order valence-corrected chi connectivity index (χ3v) is 6.05. The molecule has 0 saturated carbocycles. The van der Waals surface area contributed by atoms with Crippen LogP contribution in [0.5, 0.6) is 5.75 Å². The molecule has 4 rings (SSSR count). The molecule has 1 aliphatic heterocycles. The maximum absolute atomic E-state index is 13.5. The van der Waals surface area contributed by atoms with Crippen molar-refractivity contribution in [1.82, 2.24) is 9.88 Å². The second-order valence-corrected chi connectivity index (χ2v) is 7.70. The molecule has 5 nitrogen and oxygen atoms in total. The van der Waals surface area contributed by atoms with Gasteiger partial charge < -0.3 is 14.5 Å². The van der Waals surface area contributed by atoms with Crippen molar-refractivity contribution in [2.75, 3.05) is 44.7 Å². The van der Waals surface area contributed by atoms with Crippen molar-refractivity contribution in [3.63, 3.8) is 0 Å². The zero-order valence-electron chi connectivity index (χ0n) is 18.4. The summed E-state index contributed by atoms with van der Waals surface area (Å²) in [6.07, 6.45) is 2.70. The number of ketones is 1. The second kappa shape index (κ2) is 10.1. The minimum atomic E-state index is 0. The van der Waals surface area contributed by atoms with Crippen LogP contribution in [0.4, 0.5) is 5.69 Å². The first kappa shape index (κ1) is 23.0. The Hall–Kier alpha value is -2.63. The van der Waals surface area contributed by atoms with Gasteiger partial charge in [-0.25, -0.2) is 0 Å². The number of carbonyl (C=O) groups is 1. The minimum absolute atomic E-state index is 0. The second-order valence-electron chi connectivity index (χ2n) is 7.70. The molecule has 0 aliphatic carbocycles. The molecule has 0 radical (unpaired) electrons. The van der Waals surface area contributed by atoms with Gasteiger partial charge in [-0.3, -0.25) is 9.78 Å². The summed E-state index contributed by atoms with van der Waals surface area (Å²) in [5.74, 6) is 0.789. The number of nitrogens with zero attached hydrogens (tertiary/aromatic N) is 3. The van der Waals surface area contributed by atoms with E-state index in [1.54, 1.807) is 13.3 Å². The van der Waals surface area contributed by atoms with E-state index in [1.165, 1.54) is 5.56 Å². The normalized spacial score (nSPS) is 14.4. The number of rotatable bonds is 6. The van der Waals surface area contributed by atoms with Crippen molar-refractivity contribution < 1.29 is 9.53 Å². The molecule has 0 atom stereocenters. The van der Waals surface area contributed by atoms with E-state index in [2.05, 4.69) is 28.6 Å². The van der Waals surface area contributed by atoms with Gasteiger partial charge in [0.1, 0.15) is 5.75 Å². The van der Waals surface area contributed by atoms with E-state index in [1.807, 2.05) is 42.5 Å². The van der Waals surface area contributed by atoms with Gasteiger partial charge in [-0.1, -0.05) is 38.1 Å². The number of piperazine rings is 1. The number of anilines is 1. The van der Waals surface area contributed by atoms with Gasteiger partial charge in [-0.05, 0) is 36.7 Å². The molecule has 0 bridgehead atoms. The summed E-state index contributed by atoms with van der Waals surface area (Å²) in [5, 5.41) is 0.968. The number of ether oxygens (including phenoxy) is 1. The fraction of sp³-hybridized carbons (Fsp3) is 0.360. The standard InChI is InChI=1S/C25H29N3O2.ClH/c1-4-18-6-8-19(9-7-18)25(29)22-17-26-23-11-10-20(30-3)16-21(23)24(22)28-14-12-27(5-2)13-15-28;/h6-11,16-17H,4-5,12-15H2,1-3H3;1H. The van der Waals surface area contributed by atoms with Gasteiger partial charge in [0.05, 0.1) is 23.9 Å². The van der Waals surface area contributed by atoms with Gasteiger partial charge >= 0.3 is 0 Å². The van der Waals surface area contributed by atoms with Crippen molar-refractivity contribution in [2.24, 2.45) is 0 Å². The Morgan fingerprint density at radius 1 is 1.03 bits per heavy atom. The van der Waals surface area contributed by atoms with Gasteiger partial charge in [-0.15, -0.1) is 12.4 Å². The summed E-state index contributed by atoms with van der Waals surface area (Å²) in [4.78, 5) is 22.9. The summed E-state index contributed by atoms with van der Waals surface area (Å²) in [6.45, 7) is 9.11. The smallest absolute Gasteiger partial charge is 0.196 e. The first-order chi connectivity index (χ1) is 14.6. The predicted molar refractivity (Wildman–Crippen MR) is 129 cm³/mol. The van der Waals surface area contributed by atoms with Crippen LogP contribution in [-0.4, -0.2) is 55.5 Å². The van der Waals surface area contributed by atoms with Crippen LogP contribution in [0.25, 0.3) is 10.9 Å². The molecule has 1 aromatic heterocycles. The minimum Gasteiger partial charge on any atom is -0.497 e. The average molecular weight is 440 g/mol. The summed E-state index contributed by atoms with van der Waals surface area (Å²) < 4.78 is 5.47. The number of carbonyl (C=O) groups excluding carboxylic acids is 1. The van der Waals surface area contributed by atoms with E-state index in [0.717, 1.165) is 61.5 Å². The van der Waals surface area contributed by atoms with E-state index < -0.39 is 0 Å². The van der Waals surface area contributed by atoms with Crippen LogP contribution in [0.15, 0.2) is 48.7 Å². The van der Waals surface area contributed by atoms with Gasteiger partial charge in [0, 0.05) is 43.3 Å². The number of hydrogen-bond acceptors (Lipinski definition) is 5. The van der Waals surface area contributed by atoms with Crippen molar-refractivity contribution >= 4 is 34.8 Å². The fourth-order valence-corrected chi connectivity index (χ4v) is 4.13. The number of pyridine rings is 1. The maximum atomic E-state index is 13.5. The topological polar surface area (TPSA) is 45.7 Å². The van der Waals surface area contributed by atoms with Crippen LogP contribution in [0, 0.1) is 0 Å². The zero-order chi connectivity index (χ0) is 21.1. The highest BCUT2D eigenvalue weighted by Crippen LogP contribution is 2.34. The number of halogens is 1. The first-order valence-electron chi connectivity index (χ1n) is 10.7. The Morgan fingerprint density at radius 3 is 2.35 bits per heavy atom. The van der Waals surface area contributed by atoms with Gasteiger partial charge in [-0.2, -0.15) is 0 Å². The molecular weight excluding hydrogens is 410 g/mol. The number of fused-ring (bicyclic) bond motifs is 1. The highest BCUT2D eigenvalue weighted by Gasteiger charge is 2.24. The average Bonchev–Trinajstić information content (AvgIpc) is 2.82. The molecule has 2 aromatic carbocycles. The van der Waals surface area contributed by atoms with Crippen LogP contribution < -0.4 is 9.64 Å². The Bertz CT molecular complexity index is 1040. The third-order valence-electron chi connectivity index (χ3n) is 6.05. The van der Waals surface area contributed by atoms with Crippen molar-refractivity contribution in [2.45, 2.75) is 20.3 Å². The largest absolute Gasteiger partial charge is 0.497 e. The van der Waals surface area contributed by atoms with Crippen LogP contribution in [-0.2, 0) is 6.42 Å². The molecule has 31 heavy (non-hydrogen) atoms. The van der Waals surface area contributed by atoms with Gasteiger partial charge in [0.25, 0.3) is 0 Å². The monoisotopic (exact) mass is 439 g/mol. The SMILES string of the molecule is CCc1ccc(C(=O)c2cnc3ccc(OC)cc3c2N2CCN(CC)CC2)cc1.Cl. The maximum Gasteiger partial charge on any atom is 0.196 e. The van der Waals surface area contributed by atoms with E-state index in [-0.39, 0.29) is 18.2 Å². The lowest BCUT2D eigenvalue weighted by atomic mass is 9.98. The molecule has 0 unspecified atom stereocenters. The summed E-state index contributed by atoms with van der Waals surface area (Å²) in [7, 11) is 1.67. The molecule has 0 N–H and O–H groups in total. The van der Waals surface area contributed by atoms with Crippen molar-refractivity contribution in [3.8, 4) is 5.75 Å². The number of aromatic nitrogens is 1. The molecular formula is C25H30ClN3O2. The van der Waals surface area contributed by atoms with Crippen LogP contribution in [0.2, 0.25) is 0 Å². The molecule has 2 heterocycles. The number of likely N-dealkylation sites (N-methyl/N-ethyl adjacent to an activating group) is 1. The number of aryl methyl sites for hydroxylation is 1. The predicted octanol–water partition coefficient (Wildman–Crippen LogP) is 4.60. The molecule has 6 heteroatoms. The van der Waals surface area contributed by atoms with Crippen molar-refractivity contribution in [1.29, 1.82) is 0 Å². The number of methoxy groups -OCH3 is 1. The lowest BCUT2D eigenvalue weighted by molar-refractivity contribution is 0.103. The van der Waals surface area contributed by atoms with Crippen LogP contribution >= 0.6 is 12.4 Å². The van der Waals surface area contributed by atoms with E-state index in [4.69, 9.17) is 4.74 Å². The fourth-order valence-electron chi connectivity index (χ4n) is 4.13. The van der Waals surface area contributed by atoms with Gasteiger partial charge in [0.15, 0.2) is 5.78 Å². The molecule has 1 fully saturated rings. The molecule has 164 valence electrons. The Morgan fingerprint density at radius 2 is 1.74 bits per heavy atom. The lowest BCUT2D eigenvalue weighted by Crippen LogP contribution is -2.46. The molecule has 3 aromatic rings. The number of benzene rings is 2. The number of hydrogen-bond donors (Lipinski definition) is 0. The molecule has 1 aliphatic rings. The summed E-state index contributed by atoms with van der Waals surface area (Å²) in [5.41, 5.74) is 4.43. The summed E-state index contributed by atoms with van der Waals surface area (Å²) >= 11 is 0. The van der Waals surface area contributed by atoms with Gasteiger partial charge in [0.2, 0.25) is 0 Å². The van der Waals surface area contributed by atoms with Crippen LogP contribution in [0.3, 0.4) is 0 Å². The summed E-state index contributed by atoms with van der Waals surface area (Å²) in [6, 6.07) is 13.8. The quantitative estimate of drug-likeness (QED) is 0.525. The zero-order valence-corrected chi connectivity index (χ0v) is 19.2. The van der Waals surface area contributed by atoms with E-state index in [0.29, 0.717) is 11.1 Å². The lowest BCUT2D eigenvalue weighted by Gasteiger charge is -2.36. The molecule has 1 saturated heterocycles. The molecule has 0 amide bonds. The Labute approximate surface area is 190 Å². The highest BCUT2D eigenvalue weighted by molar-refractivity contribution is 6.16. The first-order valence-corrected chi connectivity index (χ1v) is 10.7. The van der Waals surface area contributed by atoms with E-state index >= 15 is 0 Å².